The van der Waals surface area contributed by atoms with Crippen LogP contribution < -0.4 is 10.1 Å². The van der Waals surface area contributed by atoms with Crippen molar-refractivity contribution < 1.29 is 9.84 Å². The van der Waals surface area contributed by atoms with Gasteiger partial charge in [0.2, 0.25) is 0 Å². The summed E-state index contributed by atoms with van der Waals surface area (Å²) in [5, 5.41) is 13.3. The maximum absolute atomic E-state index is 10.0. The number of β-amino-alcohol motifs (C(OH)–C–C–N with tert-alkyl or cyclic N) is 1. The highest BCUT2D eigenvalue weighted by atomic mass is 16.5. The predicted octanol–water partition coefficient (Wildman–Crippen LogP) is 1.95. The van der Waals surface area contributed by atoms with Gasteiger partial charge in [-0.3, -0.25) is 0 Å². The average Bonchev–Trinajstić information content (AvgIpc) is 2.90. The Hall–Kier alpha value is -1.26. The van der Waals surface area contributed by atoms with Crippen molar-refractivity contribution in [3.8, 4) is 5.75 Å². The van der Waals surface area contributed by atoms with Crippen molar-refractivity contribution >= 4 is 5.69 Å². The topological polar surface area (TPSA) is 44.7 Å². The molecule has 19 heavy (non-hydrogen) atoms. The third-order valence-electron chi connectivity index (χ3n) is 3.35. The molecule has 0 amide bonds. The number of benzene rings is 1. The van der Waals surface area contributed by atoms with Crippen LogP contribution in [0.1, 0.15) is 19.8 Å². The molecule has 1 atom stereocenters. The second-order valence-corrected chi connectivity index (χ2v) is 5.00. The average molecular weight is 264 g/mol. The summed E-state index contributed by atoms with van der Waals surface area (Å²) in [5.41, 5.74) is 0.992. The van der Waals surface area contributed by atoms with Gasteiger partial charge in [0.25, 0.3) is 0 Å². The number of aliphatic hydroxyl groups excluding tert-OH is 1. The molecule has 4 nitrogen and oxygen atoms in total. The SMILES string of the molecule is CCOc1cccc(NCC(O)CN2CCCC2)c1. The van der Waals surface area contributed by atoms with E-state index < -0.39 is 0 Å². The van der Waals surface area contributed by atoms with E-state index in [1.807, 2.05) is 31.2 Å². The Bertz CT molecular complexity index is 378. The Labute approximate surface area is 115 Å². The molecule has 2 N–H and O–H groups in total. The zero-order valence-corrected chi connectivity index (χ0v) is 11.6. The van der Waals surface area contributed by atoms with Gasteiger partial charge < -0.3 is 20.1 Å². The standard InChI is InChI=1S/C15H24N2O2/c1-2-19-15-7-5-6-13(10-15)16-11-14(18)12-17-8-3-4-9-17/h5-7,10,14,16,18H,2-4,8-9,11-12H2,1H3. The van der Waals surface area contributed by atoms with E-state index in [1.54, 1.807) is 0 Å². The summed E-state index contributed by atoms with van der Waals surface area (Å²) in [6.07, 6.45) is 2.20. The number of hydrogen-bond acceptors (Lipinski definition) is 4. The first-order valence-electron chi connectivity index (χ1n) is 7.15. The quantitative estimate of drug-likeness (QED) is 0.790. The molecule has 1 heterocycles. The van der Waals surface area contributed by atoms with Crippen LogP contribution in [0.25, 0.3) is 0 Å². The van der Waals surface area contributed by atoms with Crippen LogP contribution in [-0.2, 0) is 0 Å². The highest BCUT2D eigenvalue weighted by molar-refractivity contribution is 5.48. The molecule has 1 aliphatic rings. The molecular weight excluding hydrogens is 240 g/mol. The zero-order valence-electron chi connectivity index (χ0n) is 11.6. The first-order chi connectivity index (χ1) is 9.28. The van der Waals surface area contributed by atoms with E-state index >= 15 is 0 Å². The monoisotopic (exact) mass is 264 g/mol. The number of anilines is 1. The van der Waals surface area contributed by atoms with E-state index in [1.165, 1.54) is 12.8 Å². The van der Waals surface area contributed by atoms with Crippen molar-refractivity contribution in [2.45, 2.75) is 25.9 Å². The van der Waals surface area contributed by atoms with Gasteiger partial charge in [-0.25, -0.2) is 0 Å². The molecular formula is C15H24N2O2. The van der Waals surface area contributed by atoms with Crippen molar-refractivity contribution in [3.63, 3.8) is 0 Å². The van der Waals surface area contributed by atoms with Gasteiger partial charge in [0.05, 0.1) is 12.7 Å². The molecule has 0 bridgehead atoms. The molecule has 1 fully saturated rings. The Morgan fingerprint density at radius 2 is 2.16 bits per heavy atom. The summed E-state index contributed by atoms with van der Waals surface area (Å²) in [4.78, 5) is 2.32. The molecule has 1 aromatic carbocycles. The lowest BCUT2D eigenvalue weighted by Crippen LogP contribution is -2.34. The van der Waals surface area contributed by atoms with Gasteiger partial charge >= 0.3 is 0 Å². The summed E-state index contributed by atoms with van der Waals surface area (Å²) < 4.78 is 5.45. The molecule has 106 valence electrons. The normalized spacial score (nSPS) is 17.4. The van der Waals surface area contributed by atoms with E-state index in [-0.39, 0.29) is 6.10 Å². The summed E-state index contributed by atoms with van der Waals surface area (Å²) in [7, 11) is 0. The minimum absolute atomic E-state index is 0.325. The number of hydrogen-bond donors (Lipinski definition) is 2. The van der Waals surface area contributed by atoms with Crippen LogP contribution in [0.4, 0.5) is 5.69 Å². The van der Waals surface area contributed by atoms with Gasteiger partial charge in [0.1, 0.15) is 5.75 Å². The molecule has 1 aromatic rings. The fourth-order valence-corrected chi connectivity index (χ4v) is 2.43. The van der Waals surface area contributed by atoms with Crippen LogP contribution in [-0.4, -0.2) is 48.9 Å². The van der Waals surface area contributed by atoms with Crippen LogP contribution in [0.5, 0.6) is 5.75 Å². The summed E-state index contributed by atoms with van der Waals surface area (Å²) >= 11 is 0. The maximum atomic E-state index is 10.0. The minimum Gasteiger partial charge on any atom is -0.494 e. The molecule has 1 aliphatic heterocycles. The van der Waals surface area contributed by atoms with Crippen molar-refractivity contribution in [2.75, 3.05) is 38.1 Å². The van der Waals surface area contributed by atoms with Gasteiger partial charge in [-0.2, -0.15) is 0 Å². The Morgan fingerprint density at radius 1 is 1.37 bits per heavy atom. The molecule has 0 aromatic heterocycles. The van der Waals surface area contributed by atoms with Crippen molar-refractivity contribution in [2.24, 2.45) is 0 Å². The van der Waals surface area contributed by atoms with Crippen LogP contribution in [0.2, 0.25) is 0 Å². The van der Waals surface area contributed by atoms with Gasteiger partial charge in [0, 0.05) is 24.8 Å². The van der Waals surface area contributed by atoms with Gasteiger partial charge in [-0.1, -0.05) is 6.07 Å². The van der Waals surface area contributed by atoms with E-state index in [4.69, 9.17) is 4.74 Å². The maximum Gasteiger partial charge on any atom is 0.121 e. The third kappa shape index (κ3) is 4.73. The number of aliphatic hydroxyl groups is 1. The van der Waals surface area contributed by atoms with Crippen LogP contribution >= 0.6 is 0 Å². The molecule has 0 spiro atoms. The molecule has 1 unspecified atom stereocenters. The number of ether oxygens (including phenoxy) is 1. The zero-order chi connectivity index (χ0) is 13.5. The molecule has 4 heteroatoms. The molecule has 0 saturated carbocycles. The Balaban J connectivity index is 1.75. The Kier molecular flexibility index (Phi) is 5.48. The van der Waals surface area contributed by atoms with Crippen molar-refractivity contribution in [1.29, 1.82) is 0 Å². The van der Waals surface area contributed by atoms with Crippen molar-refractivity contribution in [1.82, 2.24) is 4.90 Å². The van der Waals surface area contributed by atoms with E-state index in [0.29, 0.717) is 13.2 Å². The van der Waals surface area contributed by atoms with Gasteiger partial charge in [0.15, 0.2) is 0 Å². The largest absolute Gasteiger partial charge is 0.494 e. The lowest BCUT2D eigenvalue weighted by molar-refractivity contribution is 0.135. The summed E-state index contributed by atoms with van der Waals surface area (Å²) in [6.45, 7) is 6.22. The fourth-order valence-electron chi connectivity index (χ4n) is 2.43. The first-order valence-corrected chi connectivity index (χ1v) is 7.15. The first kappa shape index (κ1) is 14.2. The van der Waals surface area contributed by atoms with Crippen molar-refractivity contribution in [3.05, 3.63) is 24.3 Å². The van der Waals surface area contributed by atoms with Gasteiger partial charge in [-0.05, 0) is 45.0 Å². The van der Waals surface area contributed by atoms with Crippen LogP contribution in [0, 0.1) is 0 Å². The summed E-state index contributed by atoms with van der Waals surface area (Å²) in [5.74, 6) is 0.863. The number of nitrogens with one attached hydrogen (secondary N) is 1. The molecule has 0 aliphatic carbocycles. The second kappa shape index (κ2) is 7.36. The predicted molar refractivity (Wildman–Crippen MR) is 77.8 cm³/mol. The highest BCUT2D eigenvalue weighted by Gasteiger charge is 2.15. The lowest BCUT2D eigenvalue weighted by atomic mass is 10.2. The highest BCUT2D eigenvalue weighted by Crippen LogP contribution is 2.17. The number of rotatable bonds is 7. The lowest BCUT2D eigenvalue weighted by Gasteiger charge is -2.20. The van der Waals surface area contributed by atoms with E-state index in [2.05, 4.69) is 10.2 Å². The van der Waals surface area contributed by atoms with Gasteiger partial charge in [-0.15, -0.1) is 0 Å². The third-order valence-corrected chi connectivity index (χ3v) is 3.35. The molecule has 1 saturated heterocycles. The summed E-state index contributed by atoms with van der Waals surface area (Å²) in [6, 6.07) is 7.85. The second-order valence-electron chi connectivity index (χ2n) is 5.00. The molecule has 2 rings (SSSR count). The van der Waals surface area contributed by atoms with E-state index in [9.17, 15) is 5.11 Å². The smallest absolute Gasteiger partial charge is 0.121 e. The number of nitrogens with zero attached hydrogens (tertiary/aromatic N) is 1. The van der Waals surface area contributed by atoms with E-state index in [0.717, 1.165) is 31.1 Å². The fraction of sp³-hybridized carbons (Fsp3) is 0.600. The molecule has 0 radical (unpaired) electrons. The van der Waals surface area contributed by atoms with Crippen LogP contribution in [0.15, 0.2) is 24.3 Å². The Morgan fingerprint density at radius 3 is 2.89 bits per heavy atom. The number of likely N-dealkylation sites (tertiary alicyclic amines) is 1. The minimum atomic E-state index is -0.325. The van der Waals surface area contributed by atoms with Crippen LogP contribution in [0.3, 0.4) is 0 Å².